The average molecular weight is 292 g/mol. The smallest absolute Gasteiger partial charge is 0.0430 e. The Morgan fingerprint density at radius 3 is 1.86 bits per heavy atom. The predicted molar refractivity (Wildman–Crippen MR) is 98.1 cm³/mol. The Morgan fingerprint density at radius 2 is 1.43 bits per heavy atom. The average Bonchev–Trinajstić information content (AvgIpc) is 2.50. The summed E-state index contributed by atoms with van der Waals surface area (Å²) in [6.45, 7) is 8.65. The van der Waals surface area contributed by atoms with E-state index in [4.69, 9.17) is 0 Å². The van der Waals surface area contributed by atoms with Gasteiger partial charge in [0, 0.05) is 17.8 Å². The van der Waals surface area contributed by atoms with Gasteiger partial charge in [-0.25, -0.2) is 0 Å². The summed E-state index contributed by atoms with van der Waals surface area (Å²) in [5, 5.41) is 0. The number of allylic oxidation sites excluding steroid dienone is 4. The van der Waals surface area contributed by atoms with E-state index in [1.807, 2.05) is 13.1 Å². The van der Waals surface area contributed by atoms with Crippen LogP contribution in [0.4, 0.5) is 0 Å². The van der Waals surface area contributed by atoms with Crippen LogP contribution in [0.25, 0.3) is 0 Å². The zero-order chi connectivity index (χ0) is 15.8. The van der Waals surface area contributed by atoms with Crippen LogP contribution in [0.5, 0.6) is 0 Å². The van der Waals surface area contributed by atoms with Gasteiger partial charge in [0.1, 0.15) is 0 Å². The molecular weight excluding hydrogens is 254 g/mol. The highest BCUT2D eigenvalue weighted by molar-refractivity contribution is 5.55. The van der Waals surface area contributed by atoms with Gasteiger partial charge in [0.25, 0.3) is 0 Å². The van der Waals surface area contributed by atoms with E-state index in [9.17, 15) is 0 Å². The zero-order valence-electron chi connectivity index (χ0n) is 14.9. The Bertz CT molecular complexity index is 287. The molecule has 0 aliphatic rings. The molecule has 0 heterocycles. The van der Waals surface area contributed by atoms with Crippen molar-refractivity contribution in [2.75, 3.05) is 0 Å². The Hall–Kier alpha value is -0.850. The highest BCUT2D eigenvalue weighted by Gasteiger charge is 2.12. The second-order valence-electron chi connectivity index (χ2n) is 5.90. The van der Waals surface area contributed by atoms with Crippen LogP contribution in [0.2, 0.25) is 0 Å². The van der Waals surface area contributed by atoms with Gasteiger partial charge >= 0.3 is 0 Å². The van der Waals surface area contributed by atoms with E-state index in [-0.39, 0.29) is 0 Å². The molecule has 0 N–H and O–H groups in total. The highest BCUT2D eigenvalue weighted by Crippen LogP contribution is 2.26. The maximum Gasteiger partial charge on any atom is 0.0430 e. The monoisotopic (exact) mass is 291 g/mol. The third-order valence-electron chi connectivity index (χ3n) is 3.97. The fourth-order valence-electron chi connectivity index (χ4n) is 2.70. The summed E-state index contributed by atoms with van der Waals surface area (Å²) in [6, 6.07) is 0. The Kier molecular flexibility index (Phi) is 14.9. The SMILES string of the molecule is CC=N/C(=C\C=C/C)C(CCCCCC)CCCCCC. The molecule has 0 atom stereocenters. The van der Waals surface area contributed by atoms with Crippen LogP contribution < -0.4 is 0 Å². The van der Waals surface area contributed by atoms with Crippen molar-refractivity contribution in [1.29, 1.82) is 0 Å². The fraction of sp³-hybridized carbons (Fsp3) is 0.750. The molecule has 0 unspecified atom stereocenters. The lowest BCUT2D eigenvalue weighted by Gasteiger charge is -2.17. The van der Waals surface area contributed by atoms with Crippen molar-refractivity contribution in [1.82, 2.24) is 0 Å². The lowest BCUT2D eigenvalue weighted by Crippen LogP contribution is -2.04. The molecule has 21 heavy (non-hydrogen) atoms. The molecule has 0 aromatic heterocycles. The van der Waals surface area contributed by atoms with E-state index in [2.05, 4.69) is 44.0 Å². The van der Waals surface area contributed by atoms with Crippen LogP contribution in [-0.4, -0.2) is 6.21 Å². The first kappa shape index (κ1) is 20.1. The first-order valence-electron chi connectivity index (χ1n) is 9.11. The van der Waals surface area contributed by atoms with Crippen LogP contribution in [0.3, 0.4) is 0 Å². The van der Waals surface area contributed by atoms with E-state index in [0.717, 1.165) is 0 Å². The van der Waals surface area contributed by atoms with E-state index in [0.29, 0.717) is 5.92 Å². The van der Waals surface area contributed by atoms with Gasteiger partial charge in [-0.1, -0.05) is 77.4 Å². The summed E-state index contributed by atoms with van der Waals surface area (Å²) < 4.78 is 0. The van der Waals surface area contributed by atoms with Gasteiger partial charge in [0.05, 0.1) is 0 Å². The topological polar surface area (TPSA) is 12.4 Å². The minimum atomic E-state index is 0.645. The summed E-state index contributed by atoms with van der Waals surface area (Å²) in [5.41, 5.74) is 1.28. The first-order valence-corrected chi connectivity index (χ1v) is 9.11. The predicted octanol–water partition coefficient (Wildman–Crippen LogP) is 7.09. The molecule has 0 bridgehead atoms. The molecule has 0 fully saturated rings. The van der Waals surface area contributed by atoms with Gasteiger partial charge in [0.2, 0.25) is 0 Å². The van der Waals surface area contributed by atoms with Crippen LogP contribution in [0, 0.1) is 5.92 Å². The van der Waals surface area contributed by atoms with Gasteiger partial charge in [-0.05, 0) is 32.8 Å². The third kappa shape index (κ3) is 11.5. The van der Waals surface area contributed by atoms with Crippen LogP contribution in [0.1, 0.15) is 91.9 Å². The van der Waals surface area contributed by atoms with Crippen molar-refractivity contribution in [3.8, 4) is 0 Å². The molecule has 1 nitrogen and oxygen atoms in total. The minimum Gasteiger partial charge on any atom is -0.266 e. The van der Waals surface area contributed by atoms with E-state index in [1.54, 1.807) is 0 Å². The molecule has 0 aromatic carbocycles. The van der Waals surface area contributed by atoms with Gasteiger partial charge < -0.3 is 0 Å². The molecule has 122 valence electrons. The summed E-state index contributed by atoms with van der Waals surface area (Å²) in [5.74, 6) is 0.645. The summed E-state index contributed by atoms with van der Waals surface area (Å²) in [7, 11) is 0. The van der Waals surface area contributed by atoms with Gasteiger partial charge in [-0.15, -0.1) is 0 Å². The Balaban J connectivity index is 4.55. The standard InChI is InChI=1S/C20H37N/c1-5-9-12-14-16-19(17-15-13-10-6-2)20(21-8-4)18-11-7-3/h7-8,11,18-19H,5-6,9-10,12-17H2,1-4H3/b11-7-,20-18-,21-8?. The van der Waals surface area contributed by atoms with Crippen molar-refractivity contribution in [3.63, 3.8) is 0 Å². The van der Waals surface area contributed by atoms with Crippen LogP contribution in [-0.2, 0) is 0 Å². The zero-order valence-corrected chi connectivity index (χ0v) is 14.9. The number of rotatable bonds is 13. The van der Waals surface area contributed by atoms with E-state index < -0.39 is 0 Å². The molecule has 0 aromatic rings. The molecule has 0 amide bonds. The highest BCUT2D eigenvalue weighted by atomic mass is 14.7. The molecule has 0 radical (unpaired) electrons. The van der Waals surface area contributed by atoms with Crippen molar-refractivity contribution in [3.05, 3.63) is 23.9 Å². The maximum atomic E-state index is 4.64. The van der Waals surface area contributed by atoms with Crippen molar-refractivity contribution >= 4 is 6.21 Å². The lowest BCUT2D eigenvalue weighted by molar-refractivity contribution is 0.452. The number of unbranched alkanes of at least 4 members (excludes halogenated alkanes) is 6. The minimum absolute atomic E-state index is 0.645. The first-order chi connectivity index (χ1) is 10.3. The molecular formula is C20H37N. The normalized spacial score (nSPS) is 13.1. The molecule has 0 aliphatic heterocycles. The molecule has 0 saturated heterocycles. The molecule has 1 heteroatoms. The van der Waals surface area contributed by atoms with E-state index in [1.165, 1.54) is 69.9 Å². The second kappa shape index (κ2) is 15.5. The second-order valence-corrected chi connectivity index (χ2v) is 5.90. The largest absolute Gasteiger partial charge is 0.266 e. The number of nitrogens with zero attached hydrogens (tertiary/aromatic N) is 1. The summed E-state index contributed by atoms with van der Waals surface area (Å²) in [4.78, 5) is 4.64. The summed E-state index contributed by atoms with van der Waals surface area (Å²) >= 11 is 0. The number of hydrogen-bond donors (Lipinski definition) is 0. The van der Waals surface area contributed by atoms with Crippen LogP contribution >= 0.6 is 0 Å². The van der Waals surface area contributed by atoms with E-state index >= 15 is 0 Å². The Labute approximate surface area is 133 Å². The molecule has 0 spiro atoms. The summed E-state index contributed by atoms with van der Waals surface area (Å²) in [6.07, 6.45) is 21.8. The van der Waals surface area contributed by atoms with Gasteiger partial charge in [0.15, 0.2) is 0 Å². The quantitative estimate of drug-likeness (QED) is 0.195. The molecule has 0 aliphatic carbocycles. The number of aliphatic imine (C=N–C) groups is 1. The maximum absolute atomic E-state index is 4.64. The van der Waals surface area contributed by atoms with Crippen molar-refractivity contribution in [2.45, 2.75) is 91.9 Å². The Morgan fingerprint density at radius 1 is 0.857 bits per heavy atom. The third-order valence-corrected chi connectivity index (χ3v) is 3.97. The number of hydrogen-bond acceptors (Lipinski definition) is 1. The lowest BCUT2D eigenvalue weighted by atomic mass is 9.91. The van der Waals surface area contributed by atoms with Crippen molar-refractivity contribution in [2.24, 2.45) is 10.9 Å². The molecule has 0 saturated carbocycles. The fourth-order valence-corrected chi connectivity index (χ4v) is 2.70. The van der Waals surface area contributed by atoms with Crippen LogP contribution in [0.15, 0.2) is 28.9 Å². The van der Waals surface area contributed by atoms with Gasteiger partial charge in [-0.2, -0.15) is 0 Å². The molecule has 0 rings (SSSR count). The van der Waals surface area contributed by atoms with Gasteiger partial charge in [-0.3, -0.25) is 4.99 Å². The van der Waals surface area contributed by atoms with Crippen molar-refractivity contribution < 1.29 is 0 Å².